The number of pyridine rings is 2. The van der Waals surface area contributed by atoms with E-state index < -0.39 is 0 Å². The van der Waals surface area contributed by atoms with E-state index in [1.807, 2.05) is 10.6 Å². The van der Waals surface area contributed by atoms with Crippen molar-refractivity contribution in [3.8, 4) is 0 Å². The summed E-state index contributed by atoms with van der Waals surface area (Å²) in [6.45, 7) is 2.59. The Labute approximate surface area is 133 Å². The van der Waals surface area contributed by atoms with Crippen molar-refractivity contribution < 1.29 is 4.79 Å². The second kappa shape index (κ2) is 5.62. The summed E-state index contributed by atoms with van der Waals surface area (Å²) >= 11 is 0. The van der Waals surface area contributed by atoms with Crippen molar-refractivity contribution in [1.82, 2.24) is 14.9 Å². The van der Waals surface area contributed by atoms with E-state index in [9.17, 15) is 9.59 Å². The SMILES string of the molecule is O=C(Nc1ccc2n(c1=O)C[C@H]1CNC[C@H]2C1)c1ccncc1. The number of carbonyl (C=O) groups is 1. The third-order valence-corrected chi connectivity index (χ3v) is 4.70. The first-order valence-electron chi connectivity index (χ1n) is 7.88. The van der Waals surface area contributed by atoms with Gasteiger partial charge in [-0.15, -0.1) is 0 Å². The lowest BCUT2D eigenvalue weighted by molar-refractivity contribution is 0.102. The van der Waals surface area contributed by atoms with Gasteiger partial charge >= 0.3 is 0 Å². The number of anilines is 1. The number of carbonyl (C=O) groups excluding carboxylic acids is 1. The van der Waals surface area contributed by atoms with Gasteiger partial charge in [0.15, 0.2) is 0 Å². The minimum absolute atomic E-state index is 0.110. The standard InChI is InChI=1S/C17H18N4O2/c22-16(12-3-5-18-6-4-12)20-14-1-2-15-13-7-11(8-19-9-13)10-21(15)17(14)23/h1-6,11,13,19H,7-10H2,(H,20,22)/t11-,13-/m1/s1. The molecular formula is C17H18N4O2. The topological polar surface area (TPSA) is 76.0 Å². The lowest BCUT2D eigenvalue weighted by Crippen LogP contribution is -2.45. The normalized spacial score (nSPS) is 22.3. The summed E-state index contributed by atoms with van der Waals surface area (Å²) in [5.41, 5.74) is 1.79. The molecule has 2 atom stereocenters. The van der Waals surface area contributed by atoms with Crippen LogP contribution in [0.5, 0.6) is 0 Å². The van der Waals surface area contributed by atoms with Crippen LogP contribution in [0.3, 0.4) is 0 Å². The molecule has 0 radical (unpaired) electrons. The largest absolute Gasteiger partial charge is 0.317 e. The van der Waals surface area contributed by atoms with Crippen LogP contribution in [0.2, 0.25) is 0 Å². The second-order valence-corrected chi connectivity index (χ2v) is 6.23. The van der Waals surface area contributed by atoms with Crippen LogP contribution in [0.15, 0.2) is 41.5 Å². The van der Waals surface area contributed by atoms with Gasteiger partial charge in [-0.25, -0.2) is 0 Å². The monoisotopic (exact) mass is 310 g/mol. The number of nitrogens with one attached hydrogen (secondary N) is 2. The molecule has 4 heterocycles. The fourth-order valence-corrected chi connectivity index (χ4v) is 3.58. The van der Waals surface area contributed by atoms with Crippen LogP contribution in [0.1, 0.15) is 28.4 Å². The van der Waals surface area contributed by atoms with Gasteiger partial charge in [0.25, 0.3) is 11.5 Å². The van der Waals surface area contributed by atoms with E-state index in [-0.39, 0.29) is 11.5 Å². The number of nitrogens with zero attached hydrogens (tertiary/aromatic N) is 2. The number of amides is 1. The first kappa shape index (κ1) is 14.1. The van der Waals surface area contributed by atoms with Crippen molar-refractivity contribution in [3.63, 3.8) is 0 Å². The molecule has 0 saturated carbocycles. The Hall–Kier alpha value is -2.47. The molecule has 1 amide bonds. The Kier molecular flexibility index (Phi) is 3.46. The molecular weight excluding hydrogens is 292 g/mol. The van der Waals surface area contributed by atoms with Crippen molar-refractivity contribution >= 4 is 11.6 Å². The zero-order chi connectivity index (χ0) is 15.8. The van der Waals surface area contributed by atoms with E-state index in [4.69, 9.17) is 0 Å². The Bertz CT molecular complexity index is 800. The molecule has 1 fully saturated rings. The molecule has 2 aliphatic rings. The second-order valence-electron chi connectivity index (χ2n) is 6.23. The van der Waals surface area contributed by atoms with Crippen LogP contribution in [0.4, 0.5) is 5.69 Å². The molecule has 0 aliphatic carbocycles. The van der Waals surface area contributed by atoms with Crippen molar-refractivity contribution in [1.29, 1.82) is 0 Å². The summed E-state index contributed by atoms with van der Waals surface area (Å²) in [6.07, 6.45) is 4.25. The van der Waals surface area contributed by atoms with Crippen molar-refractivity contribution in [2.45, 2.75) is 18.9 Å². The number of rotatable bonds is 2. The molecule has 0 aromatic carbocycles. The van der Waals surface area contributed by atoms with Crippen molar-refractivity contribution in [2.75, 3.05) is 18.4 Å². The molecule has 2 aromatic heterocycles. The molecule has 23 heavy (non-hydrogen) atoms. The first-order valence-corrected chi connectivity index (χ1v) is 7.88. The van der Waals surface area contributed by atoms with E-state index in [1.165, 1.54) is 0 Å². The molecule has 2 N–H and O–H groups in total. The molecule has 4 rings (SSSR count). The highest BCUT2D eigenvalue weighted by atomic mass is 16.2. The third-order valence-electron chi connectivity index (χ3n) is 4.70. The van der Waals surface area contributed by atoms with Crippen LogP contribution < -0.4 is 16.2 Å². The Morgan fingerprint density at radius 1 is 1.22 bits per heavy atom. The fourth-order valence-electron chi connectivity index (χ4n) is 3.58. The Morgan fingerprint density at radius 3 is 2.87 bits per heavy atom. The predicted octanol–water partition coefficient (Wildman–Crippen LogP) is 1.20. The van der Waals surface area contributed by atoms with Crippen LogP contribution >= 0.6 is 0 Å². The van der Waals surface area contributed by atoms with Crippen LogP contribution in [-0.2, 0) is 6.54 Å². The molecule has 118 valence electrons. The zero-order valence-electron chi connectivity index (χ0n) is 12.7. The molecule has 1 saturated heterocycles. The molecule has 2 aromatic rings. The number of aromatic nitrogens is 2. The van der Waals surface area contributed by atoms with Gasteiger partial charge < -0.3 is 15.2 Å². The average molecular weight is 310 g/mol. The summed E-state index contributed by atoms with van der Waals surface area (Å²) in [7, 11) is 0. The molecule has 0 spiro atoms. The summed E-state index contributed by atoms with van der Waals surface area (Å²) in [5, 5.41) is 6.15. The lowest BCUT2D eigenvalue weighted by atomic mass is 9.84. The Balaban J connectivity index is 1.65. The number of hydrogen-bond donors (Lipinski definition) is 2. The number of piperidine rings is 1. The minimum atomic E-state index is -0.289. The van der Waals surface area contributed by atoms with Crippen molar-refractivity contribution in [3.05, 3.63) is 58.3 Å². The van der Waals surface area contributed by atoms with Crippen molar-refractivity contribution in [2.24, 2.45) is 5.92 Å². The number of hydrogen-bond acceptors (Lipinski definition) is 4. The van der Waals surface area contributed by atoms with Crippen LogP contribution in [0.25, 0.3) is 0 Å². The highest BCUT2D eigenvalue weighted by molar-refractivity contribution is 6.04. The van der Waals surface area contributed by atoms with E-state index in [2.05, 4.69) is 15.6 Å². The highest BCUT2D eigenvalue weighted by Gasteiger charge is 2.31. The lowest BCUT2D eigenvalue weighted by Gasteiger charge is -2.37. The van der Waals surface area contributed by atoms with Gasteiger partial charge in [0.05, 0.1) is 0 Å². The zero-order valence-corrected chi connectivity index (χ0v) is 12.7. The van der Waals surface area contributed by atoms with E-state index >= 15 is 0 Å². The average Bonchev–Trinajstić information content (AvgIpc) is 2.59. The maximum atomic E-state index is 12.7. The molecule has 2 bridgehead atoms. The summed E-state index contributed by atoms with van der Waals surface area (Å²) in [5.74, 6) is 0.591. The van der Waals surface area contributed by atoms with Crippen LogP contribution in [0, 0.1) is 5.92 Å². The van der Waals surface area contributed by atoms with E-state index in [0.29, 0.717) is 23.1 Å². The maximum Gasteiger partial charge on any atom is 0.274 e. The first-order chi connectivity index (χ1) is 11.2. The molecule has 2 aliphatic heterocycles. The van der Waals surface area contributed by atoms with Gasteiger partial charge in [-0.2, -0.15) is 0 Å². The summed E-state index contributed by atoms with van der Waals surface area (Å²) < 4.78 is 1.84. The highest BCUT2D eigenvalue weighted by Crippen LogP contribution is 2.32. The third kappa shape index (κ3) is 2.55. The maximum absolute atomic E-state index is 12.7. The van der Waals surface area contributed by atoms with Gasteiger partial charge in [-0.05, 0) is 43.1 Å². The summed E-state index contributed by atoms with van der Waals surface area (Å²) in [6, 6.07) is 6.95. The minimum Gasteiger partial charge on any atom is -0.317 e. The quantitative estimate of drug-likeness (QED) is 0.874. The van der Waals surface area contributed by atoms with Gasteiger partial charge in [0.2, 0.25) is 0 Å². The Morgan fingerprint density at radius 2 is 2.04 bits per heavy atom. The van der Waals surface area contributed by atoms with Gasteiger partial charge in [0.1, 0.15) is 5.69 Å². The number of fused-ring (bicyclic) bond motifs is 4. The smallest absolute Gasteiger partial charge is 0.274 e. The van der Waals surface area contributed by atoms with Crippen LogP contribution in [-0.4, -0.2) is 28.5 Å². The fraction of sp³-hybridized carbons (Fsp3) is 0.353. The predicted molar refractivity (Wildman–Crippen MR) is 86.6 cm³/mol. The molecule has 6 nitrogen and oxygen atoms in total. The van der Waals surface area contributed by atoms with Gasteiger partial charge in [-0.1, -0.05) is 0 Å². The van der Waals surface area contributed by atoms with Gasteiger partial charge in [-0.3, -0.25) is 14.6 Å². The molecule has 0 unspecified atom stereocenters. The molecule has 6 heteroatoms. The van der Waals surface area contributed by atoms with E-state index in [1.54, 1.807) is 30.6 Å². The van der Waals surface area contributed by atoms with Gasteiger partial charge in [0, 0.05) is 42.7 Å². The van der Waals surface area contributed by atoms with E-state index in [0.717, 1.165) is 31.7 Å². The summed E-state index contributed by atoms with van der Waals surface area (Å²) in [4.78, 5) is 28.9.